The summed E-state index contributed by atoms with van der Waals surface area (Å²) in [7, 11) is 3.16. The number of hydrogen-bond acceptors (Lipinski definition) is 5. The van der Waals surface area contributed by atoms with Crippen molar-refractivity contribution in [1.82, 2.24) is 10.3 Å². The van der Waals surface area contributed by atoms with Gasteiger partial charge < -0.3 is 20.1 Å². The van der Waals surface area contributed by atoms with Crippen LogP contribution in [0.2, 0.25) is 5.02 Å². The van der Waals surface area contributed by atoms with E-state index in [-0.39, 0.29) is 5.91 Å². The number of nitrogens with zero attached hydrogens (tertiary/aromatic N) is 1. The van der Waals surface area contributed by atoms with E-state index in [9.17, 15) is 4.79 Å². The van der Waals surface area contributed by atoms with E-state index in [4.69, 9.17) is 21.1 Å². The topological polar surface area (TPSA) is 72.5 Å². The molecular weight excluding hydrogens is 390 g/mol. The molecule has 0 aliphatic heterocycles. The average molecular weight is 412 g/mol. The molecule has 29 heavy (non-hydrogen) atoms. The molecule has 0 saturated heterocycles. The van der Waals surface area contributed by atoms with Crippen LogP contribution < -0.4 is 20.1 Å². The molecule has 150 valence electrons. The monoisotopic (exact) mass is 411 g/mol. The van der Waals surface area contributed by atoms with E-state index in [0.717, 1.165) is 22.2 Å². The van der Waals surface area contributed by atoms with E-state index in [1.54, 1.807) is 32.6 Å². The van der Waals surface area contributed by atoms with E-state index in [2.05, 4.69) is 15.6 Å². The number of pyridine rings is 1. The molecule has 1 aromatic heterocycles. The van der Waals surface area contributed by atoms with Crippen molar-refractivity contribution in [1.29, 1.82) is 0 Å². The van der Waals surface area contributed by atoms with Gasteiger partial charge >= 0.3 is 0 Å². The number of anilines is 1. The van der Waals surface area contributed by atoms with Gasteiger partial charge in [-0.05, 0) is 48.0 Å². The van der Waals surface area contributed by atoms with Crippen LogP contribution in [0.5, 0.6) is 11.5 Å². The Bertz CT molecular complexity index is 1040. The van der Waals surface area contributed by atoms with Crippen molar-refractivity contribution in [3.8, 4) is 11.5 Å². The molecule has 0 aliphatic carbocycles. The Balaban J connectivity index is 1.51. The number of halogens is 1. The molecule has 3 aromatic rings. The first kappa shape index (κ1) is 20.5. The summed E-state index contributed by atoms with van der Waals surface area (Å²) >= 11 is 6.01. The highest BCUT2D eigenvalue weighted by Gasteiger charge is 2.04. The maximum absolute atomic E-state index is 12.0. The van der Waals surface area contributed by atoms with Crippen LogP contribution >= 0.6 is 11.6 Å². The number of fused-ring (bicyclic) bond motifs is 1. The molecule has 2 aromatic carbocycles. The van der Waals surface area contributed by atoms with Gasteiger partial charge in [-0.25, -0.2) is 0 Å². The second-order valence-corrected chi connectivity index (χ2v) is 6.62. The molecule has 0 fully saturated rings. The van der Waals surface area contributed by atoms with Gasteiger partial charge in [-0.2, -0.15) is 0 Å². The summed E-state index contributed by atoms with van der Waals surface area (Å²) in [5, 5.41) is 7.79. The summed E-state index contributed by atoms with van der Waals surface area (Å²) in [6, 6.07) is 12.9. The minimum Gasteiger partial charge on any atom is -0.493 e. The quantitative estimate of drug-likeness (QED) is 0.430. The zero-order chi connectivity index (χ0) is 20.6. The van der Waals surface area contributed by atoms with Crippen LogP contribution in [0.15, 0.2) is 54.7 Å². The average Bonchev–Trinajstić information content (AvgIpc) is 2.74. The van der Waals surface area contributed by atoms with E-state index >= 15 is 0 Å². The number of nitrogens with one attached hydrogen (secondary N) is 2. The molecule has 6 nitrogen and oxygen atoms in total. The predicted molar refractivity (Wildman–Crippen MR) is 117 cm³/mol. The summed E-state index contributed by atoms with van der Waals surface area (Å²) in [6.07, 6.45) is 4.95. The number of carbonyl (C=O) groups excluding carboxylic acids is 1. The minimum atomic E-state index is -0.173. The molecule has 0 aliphatic rings. The Kier molecular flexibility index (Phi) is 6.92. The molecule has 0 radical (unpaired) electrons. The van der Waals surface area contributed by atoms with Gasteiger partial charge in [0.1, 0.15) is 0 Å². The Morgan fingerprint density at radius 1 is 1.07 bits per heavy atom. The number of ether oxygens (including phenoxy) is 2. The van der Waals surface area contributed by atoms with Crippen molar-refractivity contribution in [2.45, 2.75) is 0 Å². The van der Waals surface area contributed by atoms with Crippen molar-refractivity contribution in [2.24, 2.45) is 0 Å². The maximum atomic E-state index is 12.0. The van der Waals surface area contributed by atoms with Gasteiger partial charge in [0.15, 0.2) is 11.5 Å². The van der Waals surface area contributed by atoms with E-state index in [0.29, 0.717) is 29.6 Å². The van der Waals surface area contributed by atoms with Gasteiger partial charge in [-0.1, -0.05) is 17.7 Å². The minimum absolute atomic E-state index is 0.173. The molecule has 0 atom stereocenters. The van der Waals surface area contributed by atoms with Crippen LogP contribution in [0.1, 0.15) is 5.56 Å². The molecule has 0 saturated carbocycles. The lowest BCUT2D eigenvalue weighted by Gasteiger charge is -2.10. The Morgan fingerprint density at radius 3 is 2.69 bits per heavy atom. The van der Waals surface area contributed by atoms with Crippen LogP contribution in [-0.2, 0) is 4.79 Å². The predicted octanol–water partition coefficient (Wildman–Crippen LogP) is 4.15. The van der Waals surface area contributed by atoms with Gasteiger partial charge in [0, 0.05) is 41.5 Å². The first-order chi connectivity index (χ1) is 14.1. The molecule has 3 rings (SSSR count). The zero-order valence-corrected chi connectivity index (χ0v) is 17.0. The van der Waals surface area contributed by atoms with Crippen molar-refractivity contribution < 1.29 is 14.3 Å². The molecule has 1 heterocycles. The molecule has 0 bridgehead atoms. The fraction of sp³-hybridized carbons (Fsp3) is 0.182. The highest BCUT2D eigenvalue weighted by Crippen LogP contribution is 2.28. The van der Waals surface area contributed by atoms with Crippen LogP contribution in [0.25, 0.3) is 17.0 Å². The van der Waals surface area contributed by atoms with Gasteiger partial charge in [-0.15, -0.1) is 0 Å². The van der Waals surface area contributed by atoms with E-state index in [1.165, 1.54) is 6.08 Å². The third-order valence-corrected chi connectivity index (χ3v) is 4.51. The van der Waals surface area contributed by atoms with Crippen molar-refractivity contribution in [2.75, 3.05) is 32.6 Å². The van der Waals surface area contributed by atoms with Gasteiger partial charge in [0.05, 0.1) is 19.7 Å². The van der Waals surface area contributed by atoms with Crippen LogP contribution in [-0.4, -0.2) is 38.2 Å². The molecule has 1 amide bonds. The number of hydrogen-bond donors (Lipinski definition) is 2. The molecule has 2 N–H and O–H groups in total. The highest BCUT2D eigenvalue weighted by atomic mass is 35.5. The lowest BCUT2D eigenvalue weighted by Crippen LogP contribution is -2.27. The number of methoxy groups -OCH3 is 2. The van der Waals surface area contributed by atoms with E-state index in [1.807, 2.05) is 36.4 Å². The molecular formula is C22H22ClN3O3. The lowest BCUT2D eigenvalue weighted by molar-refractivity contribution is -0.116. The normalized spacial score (nSPS) is 10.9. The van der Waals surface area contributed by atoms with Crippen LogP contribution in [0.3, 0.4) is 0 Å². The first-order valence-corrected chi connectivity index (χ1v) is 9.44. The molecule has 7 heteroatoms. The summed E-state index contributed by atoms with van der Waals surface area (Å²) in [5.41, 5.74) is 2.61. The largest absolute Gasteiger partial charge is 0.493 e. The summed E-state index contributed by atoms with van der Waals surface area (Å²) in [6.45, 7) is 1.06. The maximum Gasteiger partial charge on any atom is 0.244 e. The third-order valence-electron chi connectivity index (χ3n) is 4.28. The highest BCUT2D eigenvalue weighted by molar-refractivity contribution is 6.31. The smallest absolute Gasteiger partial charge is 0.244 e. The summed E-state index contributed by atoms with van der Waals surface area (Å²) < 4.78 is 10.5. The second kappa shape index (κ2) is 9.80. The molecule has 0 unspecified atom stereocenters. The zero-order valence-electron chi connectivity index (χ0n) is 16.2. The Hall–Kier alpha value is -3.25. The van der Waals surface area contributed by atoms with Crippen molar-refractivity contribution >= 4 is 40.2 Å². The first-order valence-electron chi connectivity index (χ1n) is 9.07. The SMILES string of the molecule is COc1ccc(/C=C/C(=O)NCCNc2ccnc3cc(Cl)ccc23)cc1OC. The number of amides is 1. The Labute approximate surface area is 174 Å². The van der Waals surface area contributed by atoms with Gasteiger partial charge in [0.2, 0.25) is 5.91 Å². The fourth-order valence-electron chi connectivity index (χ4n) is 2.85. The van der Waals surface area contributed by atoms with Crippen LogP contribution in [0, 0.1) is 0 Å². The van der Waals surface area contributed by atoms with E-state index < -0.39 is 0 Å². The fourth-order valence-corrected chi connectivity index (χ4v) is 3.01. The molecule has 0 spiro atoms. The van der Waals surface area contributed by atoms with Crippen LogP contribution in [0.4, 0.5) is 5.69 Å². The number of benzene rings is 2. The van der Waals surface area contributed by atoms with Crippen molar-refractivity contribution in [3.63, 3.8) is 0 Å². The summed E-state index contributed by atoms with van der Waals surface area (Å²) in [5.74, 6) is 1.09. The third kappa shape index (κ3) is 5.39. The standard InChI is InChI=1S/C22H22ClN3O3/c1-28-20-7-3-15(13-21(20)29-2)4-8-22(27)26-12-11-25-18-9-10-24-19-14-16(23)5-6-17(18)19/h3-10,13-14H,11-12H2,1-2H3,(H,24,25)(H,26,27)/b8-4+. The number of rotatable bonds is 8. The number of carbonyl (C=O) groups is 1. The lowest BCUT2D eigenvalue weighted by atomic mass is 10.2. The Morgan fingerprint density at radius 2 is 1.90 bits per heavy atom. The van der Waals surface area contributed by atoms with Gasteiger partial charge in [0.25, 0.3) is 0 Å². The van der Waals surface area contributed by atoms with Gasteiger partial charge in [-0.3, -0.25) is 9.78 Å². The summed E-state index contributed by atoms with van der Waals surface area (Å²) in [4.78, 5) is 16.4. The number of aromatic nitrogens is 1. The second-order valence-electron chi connectivity index (χ2n) is 6.19. The van der Waals surface area contributed by atoms with Crippen molar-refractivity contribution in [3.05, 3.63) is 65.3 Å².